The Bertz CT molecular complexity index is 563. The van der Waals surface area contributed by atoms with E-state index in [4.69, 9.17) is 0 Å². The fourth-order valence-corrected chi connectivity index (χ4v) is 3.49. The van der Waals surface area contributed by atoms with Crippen LogP contribution in [-0.4, -0.2) is 49.6 Å². The Labute approximate surface area is 116 Å². The molecule has 1 heterocycles. The van der Waals surface area contributed by atoms with Crippen LogP contribution < -0.4 is 0 Å². The Hall–Kier alpha value is -1.05. The van der Waals surface area contributed by atoms with Gasteiger partial charge in [-0.15, -0.1) is 0 Å². The van der Waals surface area contributed by atoms with E-state index in [0.29, 0.717) is 19.6 Å². The van der Waals surface area contributed by atoms with Crippen molar-refractivity contribution in [3.63, 3.8) is 0 Å². The normalized spacial score (nSPS) is 20.8. The zero-order valence-corrected chi connectivity index (χ0v) is 11.7. The summed E-state index contributed by atoms with van der Waals surface area (Å²) in [7, 11) is -2.93. The molecule has 0 spiro atoms. The Balaban J connectivity index is 1.90. The molecular weight excluding hydrogens is 288 g/mol. The fraction of sp³-hybridized carbons (Fsp3) is 0.538. The number of aliphatic hydroxyl groups excluding tert-OH is 1. The number of nitrogens with zero attached hydrogens (tertiary/aromatic N) is 1. The molecule has 112 valence electrons. The van der Waals surface area contributed by atoms with Crippen LogP contribution in [0, 0.1) is 11.6 Å². The monoisotopic (exact) mass is 305 g/mol. The first-order chi connectivity index (χ1) is 9.39. The molecule has 20 heavy (non-hydrogen) atoms. The quantitative estimate of drug-likeness (QED) is 0.905. The van der Waals surface area contributed by atoms with Crippen molar-refractivity contribution in [2.75, 3.05) is 31.1 Å². The number of rotatable bonds is 4. The van der Waals surface area contributed by atoms with Gasteiger partial charge >= 0.3 is 0 Å². The molecule has 0 bridgehead atoms. The average molecular weight is 305 g/mol. The summed E-state index contributed by atoms with van der Waals surface area (Å²) in [5, 5.41) is 9.91. The van der Waals surface area contributed by atoms with E-state index in [1.807, 2.05) is 4.90 Å². The first kappa shape index (κ1) is 15.3. The van der Waals surface area contributed by atoms with Crippen LogP contribution in [0.4, 0.5) is 8.78 Å². The van der Waals surface area contributed by atoms with Crippen LogP contribution in [0.5, 0.6) is 0 Å². The van der Waals surface area contributed by atoms with Gasteiger partial charge in [-0.2, -0.15) is 0 Å². The molecule has 0 saturated carbocycles. The Morgan fingerprint density at radius 2 is 1.90 bits per heavy atom. The summed E-state index contributed by atoms with van der Waals surface area (Å²) in [6, 6.07) is 3.70. The molecule has 1 N–H and O–H groups in total. The first-order valence-corrected chi connectivity index (χ1v) is 8.26. The molecule has 1 fully saturated rings. The van der Waals surface area contributed by atoms with E-state index >= 15 is 0 Å². The first-order valence-electron chi connectivity index (χ1n) is 6.44. The third kappa shape index (κ3) is 3.74. The summed E-state index contributed by atoms with van der Waals surface area (Å²) in [4.78, 5) is 1.90. The fourth-order valence-electron chi connectivity index (χ4n) is 2.21. The van der Waals surface area contributed by atoms with Gasteiger partial charge in [0.1, 0.15) is 0 Å². The number of halogens is 2. The predicted octanol–water partition coefficient (Wildman–Crippen LogP) is 1.12. The van der Waals surface area contributed by atoms with E-state index in [1.54, 1.807) is 0 Å². The van der Waals surface area contributed by atoms with Gasteiger partial charge in [0, 0.05) is 25.2 Å². The second-order valence-corrected chi connectivity index (χ2v) is 7.24. The van der Waals surface area contributed by atoms with E-state index in [9.17, 15) is 22.3 Å². The second kappa shape index (κ2) is 6.15. The summed E-state index contributed by atoms with van der Waals surface area (Å²) < 4.78 is 49.1. The van der Waals surface area contributed by atoms with Gasteiger partial charge in [0.25, 0.3) is 0 Å². The van der Waals surface area contributed by atoms with Gasteiger partial charge in [-0.3, -0.25) is 0 Å². The number of sulfone groups is 1. The van der Waals surface area contributed by atoms with Gasteiger partial charge in [0.05, 0.1) is 17.6 Å². The van der Waals surface area contributed by atoms with E-state index in [0.717, 1.165) is 6.07 Å². The maximum Gasteiger partial charge on any atom is 0.164 e. The minimum Gasteiger partial charge on any atom is -0.388 e. The van der Waals surface area contributed by atoms with Crippen LogP contribution in [0.1, 0.15) is 18.1 Å². The minimum atomic E-state index is -2.93. The lowest BCUT2D eigenvalue weighted by Crippen LogP contribution is -2.41. The number of aliphatic hydroxyl groups is 1. The van der Waals surface area contributed by atoms with Crippen molar-refractivity contribution >= 4 is 9.84 Å². The van der Waals surface area contributed by atoms with Crippen molar-refractivity contribution in [2.24, 2.45) is 0 Å². The highest BCUT2D eigenvalue weighted by atomic mass is 32.2. The lowest BCUT2D eigenvalue weighted by Gasteiger charge is -2.27. The summed E-state index contributed by atoms with van der Waals surface area (Å²) in [5.74, 6) is -1.79. The van der Waals surface area contributed by atoms with Crippen LogP contribution in [0.25, 0.3) is 0 Å². The maximum atomic E-state index is 13.5. The topological polar surface area (TPSA) is 57.6 Å². The molecule has 0 aliphatic carbocycles. The largest absolute Gasteiger partial charge is 0.388 e. The van der Waals surface area contributed by atoms with Crippen LogP contribution in [0.15, 0.2) is 18.2 Å². The van der Waals surface area contributed by atoms with E-state index < -0.39 is 27.6 Å². The summed E-state index contributed by atoms with van der Waals surface area (Å²) in [6.07, 6.45) is -0.857. The molecular formula is C13H17F2NO3S. The SMILES string of the molecule is O=S1(=O)CCN(CCC(O)c2cccc(F)c2F)CC1. The second-order valence-electron chi connectivity index (χ2n) is 4.94. The molecule has 7 heteroatoms. The molecule has 1 saturated heterocycles. The number of hydrogen-bond acceptors (Lipinski definition) is 4. The van der Waals surface area contributed by atoms with Crippen molar-refractivity contribution < 1.29 is 22.3 Å². The molecule has 1 aromatic carbocycles. The van der Waals surface area contributed by atoms with Crippen molar-refractivity contribution in [3.8, 4) is 0 Å². The van der Waals surface area contributed by atoms with Crippen molar-refractivity contribution in [1.82, 2.24) is 4.90 Å². The van der Waals surface area contributed by atoms with Gasteiger partial charge in [-0.05, 0) is 12.5 Å². The average Bonchev–Trinajstić information content (AvgIpc) is 2.40. The van der Waals surface area contributed by atoms with Gasteiger partial charge in [-0.1, -0.05) is 12.1 Å². The maximum absolute atomic E-state index is 13.5. The van der Waals surface area contributed by atoms with Crippen molar-refractivity contribution in [3.05, 3.63) is 35.4 Å². The lowest BCUT2D eigenvalue weighted by molar-refractivity contribution is 0.140. The highest BCUT2D eigenvalue weighted by Crippen LogP contribution is 2.22. The zero-order chi connectivity index (χ0) is 14.8. The zero-order valence-electron chi connectivity index (χ0n) is 10.9. The molecule has 0 aromatic heterocycles. The standard InChI is InChI=1S/C13H17F2NO3S/c14-11-3-1-2-10(13(11)15)12(17)4-5-16-6-8-20(18,19)9-7-16/h1-3,12,17H,4-9H2. The molecule has 1 unspecified atom stereocenters. The molecule has 0 amide bonds. The molecule has 1 atom stereocenters. The van der Waals surface area contributed by atoms with Crippen LogP contribution >= 0.6 is 0 Å². The highest BCUT2D eigenvalue weighted by Gasteiger charge is 2.23. The number of hydrogen-bond donors (Lipinski definition) is 1. The molecule has 4 nitrogen and oxygen atoms in total. The van der Waals surface area contributed by atoms with E-state index in [-0.39, 0.29) is 23.5 Å². The minimum absolute atomic E-state index is 0.0605. The lowest BCUT2D eigenvalue weighted by atomic mass is 10.1. The van der Waals surface area contributed by atoms with Crippen molar-refractivity contribution in [2.45, 2.75) is 12.5 Å². The third-order valence-corrected chi connectivity index (χ3v) is 5.11. The van der Waals surface area contributed by atoms with Crippen LogP contribution in [0.2, 0.25) is 0 Å². The number of benzene rings is 1. The summed E-state index contributed by atoms with van der Waals surface area (Å²) in [5.41, 5.74) is -0.0605. The van der Waals surface area contributed by atoms with Gasteiger partial charge < -0.3 is 10.0 Å². The predicted molar refractivity (Wildman–Crippen MR) is 71.0 cm³/mol. The summed E-state index contributed by atoms with van der Waals surface area (Å²) >= 11 is 0. The molecule has 0 radical (unpaired) electrons. The molecule has 1 aliphatic heterocycles. The Morgan fingerprint density at radius 1 is 1.25 bits per heavy atom. The van der Waals surface area contributed by atoms with Crippen molar-refractivity contribution in [1.29, 1.82) is 0 Å². The molecule has 1 aromatic rings. The Kier molecular flexibility index (Phi) is 4.72. The highest BCUT2D eigenvalue weighted by molar-refractivity contribution is 7.91. The third-order valence-electron chi connectivity index (χ3n) is 3.50. The summed E-state index contributed by atoms with van der Waals surface area (Å²) in [6.45, 7) is 1.29. The smallest absolute Gasteiger partial charge is 0.164 e. The molecule has 2 rings (SSSR count). The van der Waals surface area contributed by atoms with Crippen LogP contribution in [0.3, 0.4) is 0 Å². The molecule has 1 aliphatic rings. The van der Waals surface area contributed by atoms with E-state index in [2.05, 4.69) is 0 Å². The van der Waals surface area contributed by atoms with Gasteiger partial charge in [-0.25, -0.2) is 17.2 Å². The van der Waals surface area contributed by atoms with E-state index in [1.165, 1.54) is 12.1 Å². The van der Waals surface area contributed by atoms with Gasteiger partial charge in [0.2, 0.25) is 0 Å². The Morgan fingerprint density at radius 3 is 2.55 bits per heavy atom. The van der Waals surface area contributed by atoms with Crippen LogP contribution in [-0.2, 0) is 9.84 Å². The van der Waals surface area contributed by atoms with Gasteiger partial charge in [0.15, 0.2) is 21.5 Å².